The monoisotopic (exact) mass is 232 g/mol. The summed E-state index contributed by atoms with van der Waals surface area (Å²) in [7, 11) is 1.63. The molecule has 90 valence electrons. The van der Waals surface area contributed by atoms with E-state index in [2.05, 4.69) is 10.6 Å². The van der Waals surface area contributed by atoms with Crippen LogP contribution in [0.5, 0.6) is 5.75 Å². The summed E-state index contributed by atoms with van der Waals surface area (Å²) in [4.78, 5) is 12.3. The number of hydrogen-bond acceptors (Lipinski definition) is 3. The van der Waals surface area contributed by atoms with Crippen LogP contribution in [0.25, 0.3) is 0 Å². The number of rotatable bonds is 1. The third-order valence-corrected chi connectivity index (χ3v) is 3.82. The van der Waals surface area contributed by atoms with Crippen LogP contribution in [-0.2, 0) is 10.2 Å². The van der Waals surface area contributed by atoms with Crippen LogP contribution in [0.2, 0.25) is 0 Å². The highest BCUT2D eigenvalue weighted by atomic mass is 16.5. The summed E-state index contributed by atoms with van der Waals surface area (Å²) in [6.07, 6.45) is 1.94. The highest BCUT2D eigenvalue weighted by Gasteiger charge is 2.48. The van der Waals surface area contributed by atoms with Crippen molar-refractivity contribution in [3.05, 3.63) is 23.8 Å². The minimum Gasteiger partial charge on any atom is -0.495 e. The molecule has 0 radical (unpaired) electrons. The lowest BCUT2D eigenvalue weighted by atomic mass is 9.76. The Labute approximate surface area is 100 Å². The van der Waals surface area contributed by atoms with Crippen molar-refractivity contribution in [2.75, 3.05) is 25.5 Å². The van der Waals surface area contributed by atoms with Gasteiger partial charge in [-0.25, -0.2) is 0 Å². The number of fused-ring (bicyclic) bond motifs is 2. The first-order chi connectivity index (χ1) is 8.28. The molecule has 1 fully saturated rings. The first-order valence-corrected chi connectivity index (χ1v) is 5.97. The largest absolute Gasteiger partial charge is 0.495 e. The lowest BCUT2D eigenvalue weighted by Crippen LogP contribution is -2.47. The van der Waals surface area contributed by atoms with Crippen molar-refractivity contribution in [3.63, 3.8) is 0 Å². The van der Waals surface area contributed by atoms with E-state index in [-0.39, 0.29) is 11.3 Å². The van der Waals surface area contributed by atoms with Gasteiger partial charge >= 0.3 is 0 Å². The summed E-state index contributed by atoms with van der Waals surface area (Å²) in [5, 5.41) is 6.30. The van der Waals surface area contributed by atoms with Gasteiger partial charge in [0, 0.05) is 6.54 Å². The maximum Gasteiger partial charge on any atom is 0.236 e. The summed E-state index contributed by atoms with van der Waals surface area (Å²) in [5.41, 5.74) is 1.54. The molecule has 17 heavy (non-hydrogen) atoms. The standard InChI is InChI=1S/C13H16N2O2/c1-17-10-5-2-4-9-11(10)15-12(16)13(9)6-3-7-14-8-13/h2,4-5,14H,3,6-8H2,1H3,(H,15,16). The number of amides is 1. The minimum atomic E-state index is -0.387. The SMILES string of the molecule is COc1cccc2c1NC(=O)C21CCCNC1. The fraction of sp³-hybridized carbons (Fsp3) is 0.462. The Balaban J connectivity index is 2.13. The molecule has 2 N–H and O–H groups in total. The number of carbonyl (C=O) groups is 1. The predicted molar refractivity (Wildman–Crippen MR) is 65.4 cm³/mol. The molecule has 1 unspecified atom stereocenters. The summed E-state index contributed by atoms with van der Waals surface area (Å²) >= 11 is 0. The summed E-state index contributed by atoms with van der Waals surface area (Å²) in [5.74, 6) is 0.850. The molecular weight excluding hydrogens is 216 g/mol. The van der Waals surface area contributed by atoms with E-state index in [1.165, 1.54) is 0 Å². The maximum absolute atomic E-state index is 12.3. The van der Waals surface area contributed by atoms with Gasteiger partial charge in [-0.1, -0.05) is 12.1 Å². The van der Waals surface area contributed by atoms with E-state index in [0.29, 0.717) is 0 Å². The summed E-state index contributed by atoms with van der Waals surface area (Å²) < 4.78 is 5.30. The van der Waals surface area contributed by atoms with Crippen LogP contribution in [-0.4, -0.2) is 26.1 Å². The Hall–Kier alpha value is -1.55. The second kappa shape index (κ2) is 3.74. The fourth-order valence-electron chi connectivity index (χ4n) is 2.91. The van der Waals surface area contributed by atoms with Crippen molar-refractivity contribution < 1.29 is 9.53 Å². The Kier molecular flexibility index (Phi) is 2.33. The molecule has 0 saturated carbocycles. The molecule has 2 heterocycles. The quantitative estimate of drug-likeness (QED) is 0.766. The van der Waals surface area contributed by atoms with Crippen LogP contribution in [0.4, 0.5) is 5.69 Å². The third-order valence-electron chi connectivity index (χ3n) is 3.82. The summed E-state index contributed by atoms with van der Waals surface area (Å²) in [6, 6.07) is 5.87. The molecule has 1 saturated heterocycles. The van der Waals surface area contributed by atoms with E-state index in [4.69, 9.17) is 4.74 Å². The Morgan fingerprint density at radius 2 is 2.29 bits per heavy atom. The molecule has 2 aliphatic heterocycles. The Bertz CT molecular complexity index is 464. The van der Waals surface area contributed by atoms with Gasteiger partial charge in [0.1, 0.15) is 5.75 Å². The smallest absolute Gasteiger partial charge is 0.236 e. The molecule has 1 aromatic carbocycles. The van der Waals surface area contributed by atoms with Gasteiger partial charge in [0.15, 0.2) is 0 Å². The number of nitrogens with one attached hydrogen (secondary N) is 2. The predicted octanol–water partition coefficient (Wildman–Crippen LogP) is 1.27. The second-order valence-corrected chi connectivity index (χ2v) is 4.70. The van der Waals surface area contributed by atoms with Crippen molar-refractivity contribution in [1.29, 1.82) is 0 Å². The molecule has 0 aromatic heterocycles. The van der Waals surface area contributed by atoms with Gasteiger partial charge in [-0.3, -0.25) is 4.79 Å². The lowest BCUT2D eigenvalue weighted by molar-refractivity contribution is -0.121. The average molecular weight is 232 g/mol. The van der Waals surface area contributed by atoms with Crippen molar-refractivity contribution in [1.82, 2.24) is 5.32 Å². The van der Waals surface area contributed by atoms with Crippen molar-refractivity contribution >= 4 is 11.6 Å². The molecule has 4 heteroatoms. The number of carbonyl (C=O) groups excluding carboxylic acids is 1. The van der Waals surface area contributed by atoms with E-state index < -0.39 is 0 Å². The molecule has 4 nitrogen and oxygen atoms in total. The Morgan fingerprint density at radius 1 is 1.41 bits per heavy atom. The minimum absolute atomic E-state index is 0.101. The van der Waals surface area contributed by atoms with Crippen molar-refractivity contribution in [2.45, 2.75) is 18.3 Å². The number of ether oxygens (including phenoxy) is 1. The number of piperidine rings is 1. The van der Waals surface area contributed by atoms with Gasteiger partial charge in [-0.2, -0.15) is 0 Å². The molecular formula is C13H16N2O2. The van der Waals surface area contributed by atoms with E-state index in [1.54, 1.807) is 7.11 Å². The molecule has 0 aliphatic carbocycles. The van der Waals surface area contributed by atoms with Crippen LogP contribution in [0.1, 0.15) is 18.4 Å². The molecule has 1 atom stereocenters. The van der Waals surface area contributed by atoms with Gasteiger partial charge in [0.05, 0.1) is 18.2 Å². The average Bonchev–Trinajstić information content (AvgIpc) is 2.64. The van der Waals surface area contributed by atoms with Gasteiger partial charge in [0.25, 0.3) is 0 Å². The zero-order chi connectivity index (χ0) is 11.9. The third kappa shape index (κ3) is 1.37. The zero-order valence-corrected chi connectivity index (χ0v) is 9.88. The number of anilines is 1. The fourth-order valence-corrected chi connectivity index (χ4v) is 2.91. The first kappa shape index (κ1) is 10.6. The van der Waals surface area contributed by atoms with E-state index in [0.717, 1.165) is 42.9 Å². The molecule has 1 spiro atoms. The number of hydrogen-bond donors (Lipinski definition) is 2. The normalized spacial score (nSPS) is 26.8. The molecule has 1 aromatic rings. The van der Waals surface area contributed by atoms with E-state index in [1.807, 2.05) is 18.2 Å². The van der Waals surface area contributed by atoms with Gasteiger partial charge < -0.3 is 15.4 Å². The van der Waals surface area contributed by atoms with Gasteiger partial charge in [0.2, 0.25) is 5.91 Å². The topological polar surface area (TPSA) is 50.4 Å². The van der Waals surface area contributed by atoms with Crippen molar-refractivity contribution in [2.24, 2.45) is 0 Å². The number of benzene rings is 1. The second-order valence-electron chi connectivity index (χ2n) is 4.70. The van der Waals surface area contributed by atoms with Crippen LogP contribution in [0.3, 0.4) is 0 Å². The van der Waals surface area contributed by atoms with Gasteiger partial charge in [-0.05, 0) is 31.0 Å². The maximum atomic E-state index is 12.3. The summed E-state index contributed by atoms with van der Waals surface area (Å²) in [6.45, 7) is 1.72. The highest BCUT2D eigenvalue weighted by molar-refractivity contribution is 6.08. The lowest BCUT2D eigenvalue weighted by Gasteiger charge is -2.32. The molecule has 3 rings (SSSR count). The van der Waals surface area contributed by atoms with Crippen molar-refractivity contribution in [3.8, 4) is 5.75 Å². The highest BCUT2D eigenvalue weighted by Crippen LogP contribution is 2.45. The molecule has 2 aliphatic rings. The van der Waals surface area contributed by atoms with Gasteiger partial charge in [-0.15, -0.1) is 0 Å². The Morgan fingerprint density at radius 3 is 3.00 bits per heavy atom. The number of methoxy groups -OCH3 is 1. The van der Waals surface area contributed by atoms with E-state index in [9.17, 15) is 4.79 Å². The van der Waals surface area contributed by atoms with Crippen LogP contribution >= 0.6 is 0 Å². The zero-order valence-electron chi connectivity index (χ0n) is 9.88. The van der Waals surface area contributed by atoms with Crippen LogP contribution in [0.15, 0.2) is 18.2 Å². The van der Waals surface area contributed by atoms with E-state index >= 15 is 0 Å². The molecule has 0 bridgehead atoms. The van der Waals surface area contributed by atoms with Crippen LogP contribution < -0.4 is 15.4 Å². The molecule has 1 amide bonds. The number of para-hydroxylation sites is 1. The van der Waals surface area contributed by atoms with Crippen LogP contribution in [0, 0.1) is 0 Å². The first-order valence-electron chi connectivity index (χ1n) is 5.97.